The van der Waals surface area contributed by atoms with Crippen LogP contribution in [-0.4, -0.2) is 34.4 Å². The highest BCUT2D eigenvalue weighted by Gasteiger charge is 2.11. The molecular formula is C12H12ClN5. The first-order valence-electron chi connectivity index (χ1n) is 5.28. The molecule has 0 fully saturated rings. The molecule has 6 heteroatoms. The summed E-state index contributed by atoms with van der Waals surface area (Å²) in [5.41, 5.74) is 2.55. The van der Waals surface area contributed by atoms with E-state index in [1.165, 1.54) is 0 Å². The molecule has 18 heavy (non-hydrogen) atoms. The third-order valence-electron chi connectivity index (χ3n) is 2.45. The Morgan fingerprint density at radius 1 is 1.56 bits per heavy atom. The van der Waals surface area contributed by atoms with Crippen LogP contribution in [0.2, 0.25) is 0 Å². The average molecular weight is 262 g/mol. The minimum absolute atomic E-state index is 0.265. The first-order chi connectivity index (χ1) is 8.67. The van der Waals surface area contributed by atoms with Gasteiger partial charge in [-0.05, 0) is 25.8 Å². The smallest absolute Gasteiger partial charge is 0.152 e. The summed E-state index contributed by atoms with van der Waals surface area (Å²) < 4.78 is 1.69. The van der Waals surface area contributed by atoms with Crippen LogP contribution in [0.5, 0.6) is 0 Å². The molecule has 2 rings (SSSR count). The lowest BCUT2D eigenvalue weighted by atomic mass is 10.3. The fraction of sp³-hybridized carbons (Fsp3) is 0.167. The summed E-state index contributed by atoms with van der Waals surface area (Å²) in [6.45, 7) is 5.26. The Hall–Kier alpha value is -2.01. The summed E-state index contributed by atoms with van der Waals surface area (Å²) in [5.74, 6) is 0.582. The van der Waals surface area contributed by atoms with Crippen LogP contribution in [0.25, 0.3) is 11.0 Å². The second kappa shape index (κ2) is 5.10. The van der Waals surface area contributed by atoms with E-state index in [1.54, 1.807) is 24.0 Å². The maximum Gasteiger partial charge on any atom is 0.152 e. The van der Waals surface area contributed by atoms with Crippen molar-refractivity contribution >= 4 is 35.2 Å². The predicted molar refractivity (Wildman–Crippen MR) is 74.5 cm³/mol. The van der Waals surface area contributed by atoms with Gasteiger partial charge >= 0.3 is 0 Å². The number of hydrogen-bond acceptors (Lipinski definition) is 4. The number of halogens is 1. The Balaban J connectivity index is 2.64. The summed E-state index contributed by atoms with van der Waals surface area (Å²) >= 11 is 5.84. The van der Waals surface area contributed by atoms with E-state index in [9.17, 15) is 0 Å². The summed E-state index contributed by atoms with van der Waals surface area (Å²) in [5, 5.41) is 4.67. The van der Waals surface area contributed by atoms with Gasteiger partial charge < -0.3 is 0 Å². The van der Waals surface area contributed by atoms with Gasteiger partial charge in [0.05, 0.1) is 11.2 Å². The number of pyridine rings is 1. The third-order valence-corrected chi connectivity index (χ3v) is 2.68. The first kappa shape index (κ1) is 12.4. The van der Waals surface area contributed by atoms with Crippen molar-refractivity contribution in [1.29, 1.82) is 0 Å². The highest BCUT2D eigenvalue weighted by Crippen LogP contribution is 2.15. The summed E-state index contributed by atoms with van der Waals surface area (Å²) in [7, 11) is 1.66. The van der Waals surface area contributed by atoms with E-state index < -0.39 is 0 Å². The molecule has 0 spiro atoms. The van der Waals surface area contributed by atoms with E-state index in [0.717, 1.165) is 16.7 Å². The Labute approximate surface area is 110 Å². The zero-order chi connectivity index (χ0) is 13.1. The van der Waals surface area contributed by atoms with Crippen molar-refractivity contribution < 1.29 is 0 Å². The van der Waals surface area contributed by atoms with E-state index in [4.69, 9.17) is 11.6 Å². The second-order valence-electron chi connectivity index (χ2n) is 3.58. The molecule has 0 aliphatic rings. The standard InChI is InChI=1S/C12H12ClN5/c1-8-12-9(5-4-6-16-12)18(17-8)11(15-3)7-10(13)14-2/h4-7H,2H2,1,3H3/b10-7-,15-11+. The molecule has 0 amide bonds. The van der Waals surface area contributed by atoms with Crippen LogP contribution in [0.4, 0.5) is 0 Å². The van der Waals surface area contributed by atoms with Gasteiger partial charge in [0, 0.05) is 19.3 Å². The normalized spacial score (nSPS) is 13.1. The fourth-order valence-electron chi connectivity index (χ4n) is 1.64. The van der Waals surface area contributed by atoms with E-state index in [-0.39, 0.29) is 5.16 Å². The summed E-state index contributed by atoms with van der Waals surface area (Å²) in [6, 6.07) is 3.78. The van der Waals surface area contributed by atoms with Crippen molar-refractivity contribution in [3.05, 3.63) is 35.3 Å². The molecule has 0 N–H and O–H groups in total. The van der Waals surface area contributed by atoms with Gasteiger partial charge in [-0.3, -0.25) is 15.0 Å². The number of allylic oxidation sites excluding steroid dienone is 1. The van der Waals surface area contributed by atoms with Crippen LogP contribution in [0.15, 0.2) is 39.5 Å². The van der Waals surface area contributed by atoms with Crippen LogP contribution in [0.3, 0.4) is 0 Å². The molecular weight excluding hydrogens is 250 g/mol. The number of rotatable bonds is 2. The Morgan fingerprint density at radius 2 is 2.33 bits per heavy atom. The quantitative estimate of drug-likeness (QED) is 0.474. The molecule has 0 aliphatic heterocycles. The van der Waals surface area contributed by atoms with Crippen molar-refractivity contribution in [1.82, 2.24) is 14.8 Å². The van der Waals surface area contributed by atoms with Gasteiger partial charge in [-0.25, -0.2) is 4.68 Å². The molecule has 0 saturated heterocycles. The molecule has 0 radical (unpaired) electrons. The van der Waals surface area contributed by atoms with Crippen molar-refractivity contribution in [3.8, 4) is 0 Å². The third kappa shape index (κ3) is 2.17. The zero-order valence-electron chi connectivity index (χ0n) is 10.1. The minimum Gasteiger partial charge on any atom is -0.270 e. The molecule has 5 nitrogen and oxygen atoms in total. The molecule has 0 atom stereocenters. The van der Waals surface area contributed by atoms with Crippen LogP contribution < -0.4 is 0 Å². The van der Waals surface area contributed by atoms with Crippen molar-refractivity contribution in [2.45, 2.75) is 6.92 Å². The maximum atomic E-state index is 5.84. The van der Waals surface area contributed by atoms with Crippen molar-refractivity contribution in [2.75, 3.05) is 7.05 Å². The zero-order valence-corrected chi connectivity index (χ0v) is 10.9. The van der Waals surface area contributed by atoms with E-state index in [0.29, 0.717) is 5.84 Å². The van der Waals surface area contributed by atoms with Crippen LogP contribution in [0.1, 0.15) is 5.69 Å². The summed E-state index contributed by atoms with van der Waals surface area (Å²) in [4.78, 5) is 12.1. The fourth-order valence-corrected chi connectivity index (χ4v) is 1.74. The molecule has 0 bridgehead atoms. The molecule has 0 saturated carbocycles. The highest BCUT2D eigenvalue weighted by molar-refractivity contribution is 6.31. The number of aryl methyl sites for hydroxylation is 1. The van der Waals surface area contributed by atoms with Gasteiger partial charge in [0.2, 0.25) is 0 Å². The molecule has 2 heterocycles. The van der Waals surface area contributed by atoms with Crippen LogP contribution in [-0.2, 0) is 0 Å². The largest absolute Gasteiger partial charge is 0.270 e. The van der Waals surface area contributed by atoms with Gasteiger partial charge in [-0.2, -0.15) is 5.10 Å². The number of hydrogen-bond donors (Lipinski definition) is 0. The van der Waals surface area contributed by atoms with E-state index in [2.05, 4.69) is 26.8 Å². The van der Waals surface area contributed by atoms with E-state index >= 15 is 0 Å². The topological polar surface area (TPSA) is 55.4 Å². The van der Waals surface area contributed by atoms with Crippen LogP contribution in [0, 0.1) is 6.92 Å². The number of fused-ring (bicyclic) bond motifs is 1. The molecule has 0 unspecified atom stereocenters. The van der Waals surface area contributed by atoms with E-state index in [1.807, 2.05) is 19.1 Å². The van der Waals surface area contributed by atoms with Crippen LogP contribution >= 0.6 is 11.6 Å². The van der Waals surface area contributed by atoms with Gasteiger partial charge in [0.15, 0.2) is 5.84 Å². The minimum atomic E-state index is 0.265. The van der Waals surface area contributed by atoms with Crippen molar-refractivity contribution in [3.63, 3.8) is 0 Å². The molecule has 0 aromatic carbocycles. The molecule has 0 aliphatic carbocycles. The lowest BCUT2D eigenvalue weighted by molar-refractivity contribution is 0.936. The Kier molecular flexibility index (Phi) is 3.53. The van der Waals surface area contributed by atoms with Gasteiger partial charge in [-0.15, -0.1) is 0 Å². The van der Waals surface area contributed by atoms with Gasteiger partial charge in [0.25, 0.3) is 0 Å². The lowest BCUT2D eigenvalue weighted by Crippen LogP contribution is -2.11. The average Bonchev–Trinajstić information content (AvgIpc) is 2.74. The second-order valence-corrected chi connectivity index (χ2v) is 3.96. The Bertz CT molecular complexity index is 654. The molecule has 2 aromatic rings. The number of nitrogens with zero attached hydrogens (tertiary/aromatic N) is 5. The van der Waals surface area contributed by atoms with Gasteiger partial charge in [0.1, 0.15) is 10.7 Å². The number of aliphatic imine (C=N–C) groups is 2. The van der Waals surface area contributed by atoms with Crippen molar-refractivity contribution in [2.24, 2.45) is 9.98 Å². The monoisotopic (exact) mass is 261 g/mol. The summed E-state index contributed by atoms with van der Waals surface area (Å²) in [6.07, 6.45) is 3.34. The lowest BCUT2D eigenvalue weighted by Gasteiger charge is -2.02. The Morgan fingerprint density at radius 3 is 3.00 bits per heavy atom. The predicted octanol–water partition coefficient (Wildman–Crippen LogP) is 2.40. The SMILES string of the molecule is C=N/C(Cl)=C\C(=N/C)n1nc(C)c2ncccc21. The maximum absolute atomic E-state index is 5.84. The van der Waals surface area contributed by atoms with Gasteiger partial charge in [-0.1, -0.05) is 11.6 Å². The number of aromatic nitrogens is 3. The molecule has 92 valence electrons. The first-order valence-corrected chi connectivity index (χ1v) is 5.66. The molecule has 2 aromatic heterocycles. The highest BCUT2D eigenvalue weighted by atomic mass is 35.5.